The first-order chi connectivity index (χ1) is 9.84. The minimum absolute atomic E-state index is 0.141. The van der Waals surface area contributed by atoms with E-state index in [1.807, 2.05) is 0 Å². The molecule has 0 fully saturated rings. The highest BCUT2D eigenvalue weighted by molar-refractivity contribution is 9.10. The number of hydrogen-bond acceptors (Lipinski definition) is 2. The smallest absolute Gasteiger partial charge is 0.247 e. The molecule has 1 atom stereocenters. The van der Waals surface area contributed by atoms with Crippen molar-refractivity contribution in [2.24, 2.45) is 5.73 Å². The van der Waals surface area contributed by atoms with Gasteiger partial charge in [0.05, 0.1) is 0 Å². The molecule has 0 radical (unpaired) electrons. The quantitative estimate of drug-likeness (QED) is 0.882. The maximum Gasteiger partial charge on any atom is 0.247 e. The Morgan fingerprint density at radius 2 is 1.81 bits per heavy atom. The molecule has 0 aliphatic carbocycles. The maximum atomic E-state index is 14.0. The molecule has 0 saturated carbocycles. The van der Waals surface area contributed by atoms with Gasteiger partial charge in [-0.25, -0.2) is 8.78 Å². The topological polar surface area (TPSA) is 55.1 Å². The Morgan fingerprint density at radius 1 is 1.19 bits per heavy atom. The first-order valence-electron chi connectivity index (χ1n) is 6.13. The van der Waals surface area contributed by atoms with Crippen molar-refractivity contribution in [1.82, 2.24) is 0 Å². The average molecular weight is 355 g/mol. The fourth-order valence-corrected chi connectivity index (χ4v) is 2.24. The predicted molar refractivity (Wildman–Crippen MR) is 80.7 cm³/mol. The van der Waals surface area contributed by atoms with Crippen LogP contribution in [0.15, 0.2) is 46.9 Å². The maximum absolute atomic E-state index is 14.0. The van der Waals surface area contributed by atoms with Crippen LogP contribution < -0.4 is 11.1 Å². The number of halogens is 3. The molecule has 3 nitrogen and oxygen atoms in total. The first kappa shape index (κ1) is 15.4. The molecule has 0 aliphatic heterocycles. The van der Waals surface area contributed by atoms with E-state index in [4.69, 9.17) is 5.73 Å². The Labute approximate surface area is 129 Å². The lowest BCUT2D eigenvalue weighted by molar-refractivity contribution is -0.122. The standard InChI is InChI=1S/C15H13BrF2N2O/c1-15(14(19)21,11-3-2-4-12(17)13(11)18)20-10-7-5-9(16)6-8-10/h2-8,20H,1H3,(H2,19,21). The van der Waals surface area contributed by atoms with Crippen LogP contribution in [0.1, 0.15) is 12.5 Å². The van der Waals surface area contributed by atoms with E-state index < -0.39 is 23.1 Å². The number of anilines is 1. The van der Waals surface area contributed by atoms with Crippen LogP contribution in [-0.2, 0) is 10.3 Å². The summed E-state index contributed by atoms with van der Waals surface area (Å²) in [5.41, 5.74) is 4.25. The Bertz CT molecular complexity index is 676. The minimum atomic E-state index is -1.57. The van der Waals surface area contributed by atoms with Gasteiger partial charge in [-0.05, 0) is 37.3 Å². The van der Waals surface area contributed by atoms with Crippen molar-refractivity contribution in [3.63, 3.8) is 0 Å². The van der Waals surface area contributed by atoms with Crippen molar-refractivity contribution >= 4 is 27.5 Å². The fourth-order valence-electron chi connectivity index (χ4n) is 1.97. The molecule has 110 valence electrons. The number of carbonyl (C=O) groups is 1. The molecular formula is C15H13BrF2N2O. The van der Waals surface area contributed by atoms with Crippen molar-refractivity contribution < 1.29 is 13.6 Å². The van der Waals surface area contributed by atoms with Gasteiger partial charge in [0.1, 0.15) is 5.54 Å². The highest BCUT2D eigenvalue weighted by Crippen LogP contribution is 2.29. The minimum Gasteiger partial charge on any atom is -0.368 e. The highest BCUT2D eigenvalue weighted by atomic mass is 79.9. The molecule has 0 aromatic heterocycles. The third-order valence-electron chi connectivity index (χ3n) is 3.22. The molecule has 2 rings (SSSR count). The van der Waals surface area contributed by atoms with Gasteiger partial charge in [-0.15, -0.1) is 0 Å². The van der Waals surface area contributed by atoms with Crippen LogP contribution in [0.5, 0.6) is 0 Å². The van der Waals surface area contributed by atoms with Crippen LogP contribution in [0.3, 0.4) is 0 Å². The van der Waals surface area contributed by atoms with Crippen molar-refractivity contribution in [3.05, 3.63) is 64.1 Å². The Hall–Kier alpha value is -1.95. The van der Waals surface area contributed by atoms with Gasteiger partial charge < -0.3 is 11.1 Å². The molecule has 0 aliphatic rings. The van der Waals surface area contributed by atoms with Crippen LogP contribution in [0.25, 0.3) is 0 Å². The Kier molecular flexibility index (Phi) is 4.27. The molecule has 0 spiro atoms. The fraction of sp³-hybridized carbons (Fsp3) is 0.133. The number of nitrogens with one attached hydrogen (secondary N) is 1. The number of amides is 1. The number of primary amides is 1. The summed E-state index contributed by atoms with van der Waals surface area (Å²) >= 11 is 3.29. The van der Waals surface area contributed by atoms with Gasteiger partial charge in [0.2, 0.25) is 5.91 Å². The summed E-state index contributed by atoms with van der Waals surface area (Å²) < 4.78 is 28.2. The van der Waals surface area contributed by atoms with Gasteiger partial charge in [0.15, 0.2) is 11.6 Å². The summed E-state index contributed by atoms with van der Waals surface area (Å²) in [6, 6.07) is 10.6. The second-order valence-corrected chi connectivity index (χ2v) is 5.64. The largest absolute Gasteiger partial charge is 0.368 e. The van der Waals surface area contributed by atoms with E-state index in [0.717, 1.165) is 10.5 Å². The molecule has 0 saturated heterocycles. The van der Waals surface area contributed by atoms with Gasteiger partial charge in [-0.1, -0.05) is 28.1 Å². The van der Waals surface area contributed by atoms with Gasteiger partial charge >= 0.3 is 0 Å². The first-order valence-corrected chi connectivity index (χ1v) is 6.92. The van der Waals surface area contributed by atoms with E-state index in [2.05, 4.69) is 21.2 Å². The van der Waals surface area contributed by atoms with Crippen LogP contribution in [0.2, 0.25) is 0 Å². The lowest BCUT2D eigenvalue weighted by Gasteiger charge is -2.29. The summed E-state index contributed by atoms with van der Waals surface area (Å²) in [6.45, 7) is 1.41. The zero-order valence-corrected chi connectivity index (χ0v) is 12.7. The normalized spacial score (nSPS) is 13.5. The third kappa shape index (κ3) is 3.05. The molecular weight excluding hydrogens is 342 g/mol. The van der Waals surface area contributed by atoms with Crippen molar-refractivity contribution in [1.29, 1.82) is 0 Å². The zero-order valence-electron chi connectivity index (χ0n) is 11.2. The van der Waals surface area contributed by atoms with Crippen molar-refractivity contribution in [2.75, 3.05) is 5.32 Å². The molecule has 1 amide bonds. The van der Waals surface area contributed by atoms with E-state index in [1.165, 1.54) is 19.1 Å². The van der Waals surface area contributed by atoms with Crippen LogP contribution in [0.4, 0.5) is 14.5 Å². The number of rotatable bonds is 4. The zero-order chi connectivity index (χ0) is 15.6. The van der Waals surface area contributed by atoms with Crippen molar-refractivity contribution in [3.8, 4) is 0 Å². The summed E-state index contributed by atoms with van der Waals surface area (Å²) in [5, 5.41) is 2.86. The Morgan fingerprint density at radius 3 is 2.38 bits per heavy atom. The van der Waals surface area contributed by atoms with E-state index in [0.29, 0.717) is 5.69 Å². The van der Waals surface area contributed by atoms with Crippen LogP contribution in [0, 0.1) is 11.6 Å². The van der Waals surface area contributed by atoms with Crippen molar-refractivity contribution in [2.45, 2.75) is 12.5 Å². The summed E-state index contributed by atoms with van der Waals surface area (Å²) in [6.07, 6.45) is 0. The van der Waals surface area contributed by atoms with E-state index >= 15 is 0 Å². The molecule has 2 aromatic carbocycles. The number of hydrogen-bond donors (Lipinski definition) is 2. The SMILES string of the molecule is CC(Nc1ccc(Br)cc1)(C(N)=O)c1cccc(F)c1F. The van der Waals surface area contributed by atoms with Crippen LogP contribution >= 0.6 is 15.9 Å². The number of carbonyl (C=O) groups excluding carboxylic acids is 1. The number of nitrogens with two attached hydrogens (primary N) is 1. The monoisotopic (exact) mass is 354 g/mol. The summed E-state index contributed by atoms with van der Waals surface area (Å²) in [7, 11) is 0. The van der Waals surface area contributed by atoms with E-state index in [1.54, 1.807) is 24.3 Å². The predicted octanol–water partition coefficient (Wildman–Crippen LogP) is 3.54. The third-order valence-corrected chi connectivity index (χ3v) is 3.75. The molecule has 0 heterocycles. The second kappa shape index (κ2) is 5.81. The lowest BCUT2D eigenvalue weighted by Crippen LogP contribution is -2.46. The summed E-state index contributed by atoms with van der Waals surface area (Å²) in [4.78, 5) is 11.8. The highest BCUT2D eigenvalue weighted by Gasteiger charge is 2.36. The molecule has 2 aromatic rings. The molecule has 3 N–H and O–H groups in total. The summed E-state index contributed by atoms with van der Waals surface area (Å²) in [5.74, 6) is -2.93. The van der Waals surface area contributed by atoms with Gasteiger partial charge in [-0.2, -0.15) is 0 Å². The Balaban J connectivity index is 2.48. The number of benzene rings is 2. The molecule has 6 heteroatoms. The average Bonchev–Trinajstić information content (AvgIpc) is 2.44. The van der Waals surface area contributed by atoms with Gasteiger partial charge in [0, 0.05) is 15.7 Å². The van der Waals surface area contributed by atoms with E-state index in [-0.39, 0.29) is 5.56 Å². The van der Waals surface area contributed by atoms with Gasteiger partial charge in [-0.3, -0.25) is 4.79 Å². The van der Waals surface area contributed by atoms with Gasteiger partial charge in [0.25, 0.3) is 0 Å². The molecule has 21 heavy (non-hydrogen) atoms. The molecule has 0 bridgehead atoms. The lowest BCUT2D eigenvalue weighted by atomic mass is 9.90. The second-order valence-electron chi connectivity index (χ2n) is 4.72. The van der Waals surface area contributed by atoms with E-state index in [9.17, 15) is 13.6 Å². The van der Waals surface area contributed by atoms with Crippen LogP contribution in [-0.4, -0.2) is 5.91 Å². The molecule has 1 unspecified atom stereocenters.